The van der Waals surface area contributed by atoms with Gasteiger partial charge in [0.05, 0.1) is 19.8 Å². The van der Waals surface area contributed by atoms with Crippen LogP contribution in [0.1, 0.15) is 32.6 Å². The van der Waals surface area contributed by atoms with Crippen LogP contribution in [0.4, 0.5) is 0 Å². The van der Waals surface area contributed by atoms with Gasteiger partial charge in [-0.05, 0) is 12.8 Å². The van der Waals surface area contributed by atoms with Crippen LogP contribution in [0.25, 0.3) is 0 Å². The normalized spacial score (nSPS) is 9.07. The van der Waals surface area contributed by atoms with Crippen molar-refractivity contribution in [2.24, 2.45) is 0 Å². The number of esters is 1. The Labute approximate surface area is 90.7 Å². The van der Waals surface area contributed by atoms with Gasteiger partial charge in [0.1, 0.15) is 0 Å². The summed E-state index contributed by atoms with van der Waals surface area (Å²) in [5, 5.41) is 23.6. The van der Waals surface area contributed by atoms with E-state index < -0.39 is 0 Å². The zero-order valence-corrected chi connectivity index (χ0v) is 9.31. The molecular formula is C10H22O5. The number of ether oxygens (including phenoxy) is 1. The highest BCUT2D eigenvalue weighted by molar-refractivity contribution is 5.69. The number of aliphatic hydroxyl groups excluding tert-OH is 3. The van der Waals surface area contributed by atoms with Crippen molar-refractivity contribution in [3.05, 3.63) is 0 Å². The van der Waals surface area contributed by atoms with Crippen molar-refractivity contribution in [3.63, 3.8) is 0 Å². The third-order valence-electron chi connectivity index (χ3n) is 1.40. The molecule has 0 aromatic carbocycles. The Kier molecular flexibility index (Phi) is 17.7. The Bertz CT molecular complexity index is 125. The monoisotopic (exact) mass is 222 g/mol. The molecule has 0 fully saturated rings. The van der Waals surface area contributed by atoms with E-state index in [2.05, 4.69) is 0 Å². The molecule has 15 heavy (non-hydrogen) atoms. The summed E-state index contributed by atoms with van der Waals surface area (Å²) >= 11 is 0. The summed E-state index contributed by atoms with van der Waals surface area (Å²) in [6.07, 6.45) is 2.79. The van der Waals surface area contributed by atoms with Crippen LogP contribution < -0.4 is 0 Å². The second-order valence-electron chi connectivity index (χ2n) is 2.85. The Morgan fingerprint density at radius 1 is 1.07 bits per heavy atom. The van der Waals surface area contributed by atoms with E-state index in [0.29, 0.717) is 19.4 Å². The van der Waals surface area contributed by atoms with Gasteiger partial charge in [-0.2, -0.15) is 0 Å². The van der Waals surface area contributed by atoms with E-state index >= 15 is 0 Å². The Morgan fingerprint density at radius 3 is 2.07 bits per heavy atom. The SMILES string of the molecule is CCCCOC(=O)CCCO.OCCO. The highest BCUT2D eigenvalue weighted by Crippen LogP contribution is 1.94. The van der Waals surface area contributed by atoms with E-state index in [0.717, 1.165) is 12.8 Å². The maximum Gasteiger partial charge on any atom is 0.305 e. The lowest BCUT2D eigenvalue weighted by molar-refractivity contribution is -0.144. The van der Waals surface area contributed by atoms with Crippen molar-refractivity contribution in [2.75, 3.05) is 26.4 Å². The lowest BCUT2D eigenvalue weighted by Gasteiger charge is -2.01. The lowest BCUT2D eigenvalue weighted by Crippen LogP contribution is -2.06. The molecule has 0 saturated carbocycles. The van der Waals surface area contributed by atoms with Crippen molar-refractivity contribution in [1.82, 2.24) is 0 Å². The Balaban J connectivity index is 0. The summed E-state index contributed by atoms with van der Waals surface area (Å²) in [5.74, 6) is -0.201. The molecule has 0 aliphatic heterocycles. The van der Waals surface area contributed by atoms with Gasteiger partial charge in [-0.1, -0.05) is 13.3 Å². The predicted octanol–water partition coefficient (Wildman–Crippen LogP) is 0.0732. The molecule has 0 bridgehead atoms. The third kappa shape index (κ3) is 19.7. The average Bonchev–Trinajstić information content (AvgIpc) is 2.27. The smallest absolute Gasteiger partial charge is 0.305 e. The van der Waals surface area contributed by atoms with Gasteiger partial charge in [-0.3, -0.25) is 4.79 Å². The molecule has 0 atom stereocenters. The molecule has 5 heteroatoms. The molecule has 0 aromatic rings. The fraction of sp³-hybridized carbons (Fsp3) is 0.900. The van der Waals surface area contributed by atoms with Gasteiger partial charge in [-0.15, -0.1) is 0 Å². The summed E-state index contributed by atoms with van der Waals surface area (Å²) in [5.41, 5.74) is 0. The Hall–Kier alpha value is -0.650. The van der Waals surface area contributed by atoms with Crippen LogP contribution in [0, 0.1) is 0 Å². The number of carbonyl (C=O) groups is 1. The molecule has 0 radical (unpaired) electrons. The second-order valence-corrected chi connectivity index (χ2v) is 2.85. The molecule has 5 nitrogen and oxygen atoms in total. The molecule has 0 spiro atoms. The molecule has 0 heterocycles. The highest BCUT2D eigenvalue weighted by atomic mass is 16.5. The van der Waals surface area contributed by atoms with E-state index in [-0.39, 0.29) is 25.8 Å². The van der Waals surface area contributed by atoms with Crippen LogP contribution >= 0.6 is 0 Å². The fourth-order valence-corrected chi connectivity index (χ4v) is 0.626. The van der Waals surface area contributed by atoms with Crippen LogP contribution in [0.3, 0.4) is 0 Å². The Morgan fingerprint density at radius 2 is 1.67 bits per heavy atom. The number of hydrogen-bond acceptors (Lipinski definition) is 5. The number of aliphatic hydroxyl groups is 3. The second kappa shape index (κ2) is 15.8. The van der Waals surface area contributed by atoms with E-state index in [1.165, 1.54) is 0 Å². The third-order valence-corrected chi connectivity index (χ3v) is 1.40. The van der Waals surface area contributed by atoms with Gasteiger partial charge >= 0.3 is 5.97 Å². The van der Waals surface area contributed by atoms with Crippen LogP contribution in [0.2, 0.25) is 0 Å². The summed E-state index contributed by atoms with van der Waals surface area (Å²) < 4.78 is 4.83. The first kappa shape index (κ1) is 16.8. The molecule has 0 rings (SSSR count). The summed E-state index contributed by atoms with van der Waals surface area (Å²) in [6.45, 7) is 2.37. The van der Waals surface area contributed by atoms with Gasteiger partial charge in [0.15, 0.2) is 0 Å². The summed E-state index contributed by atoms with van der Waals surface area (Å²) in [4.78, 5) is 10.7. The molecular weight excluding hydrogens is 200 g/mol. The van der Waals surface area contributed by atoms with Crippen LogP contribution in [-0.4, -0.2) is 47.7 Å². The van der Waals surface area contributed by atoms with E-state index in [1.807, 2.05) is 6.92 Å². The molecule has 0 amide bonds. The number of carbonyl (C=O) groups excluding carboxylic acids is 1. The minimum absolute atomic E-state index is 0.0584. The molecule has 0 saturated heterocycles. The summed E-state index contributed by atoms with van der Waals surface area (Å²) in [6, 6.07) is 0. The van der Waals surface area contributed by atoms with Crippen molar-refractivity contribution in [3.8, 4) is 0 Å². The standard InChI is InChI=1S/C8H16O3.C2H6O2/c1-2-3-7-11-8(10)5-4-6-9;3-1-2-4/h9H,2-7H2,1H3;3-4H,1-2H2. The molecule has 0 aliphatic rings. The number of unbranched alkanes of at least 4 members (excludes halogenated alkanes) is 1. The van der Waals surface area contributed by atoms with Gasteiger partial charge in [-0.25, -0.2) is 0 Å². The predicted molar refractivity (Wildman–Crippen MR) is 56.4 cm³/mol. The first-order valence-corrected chi connectivity index (χ1v) is 5.21. The number of hydrogen-bond donors (Lipinski definition) is 3. The van der Waals surface area contributed by atoms with Crippen LogP contribution in [0.5, 0.6) is 0 Å². The maximum atomic E-state index is 10.7. The molecule has 92 valence electrons. The first-order chi connectivity index (χ1) is 7.22. The van der Waals surface area contributed by atoms with Gasteiger partial charge in [0, 0.05) is 13.0 Å². The quantitative estimate of drug-likeness (QED) is 0.419. The van der Waals surface area contributed by atoms with Gasteiger partial charge < -0.3 is 20.1 Å². The molecule has 0 unspecified atom stereocenters. The van der Waals surface area contributed by atoms with Gasteiger partial charge in [0.25, 0.3) is 0 Å². The topological polar surface area (TPSA) is 87.0 Å². The molecule has 0 aliphatic carbocycles. The van der Waals surface area contributed by atoms with E-state index in [1.54, 1.807) is 0 Å². The molecule has 3 N–H and O–H groups in total. The minimum Gasteiger partial charge on any atom is -0.466 e. The van der Waals surface area contributed by atoms with E-state index in [4.69, 9.17) is 20.1 Å². The van der Waals surface area contributed by atoms with Gasteiger partial charge in [0.2, 0.25) is 0 Å². The highest BCUT2D eigenvalue weighted by Gasteiger charge is 1.99. The van der Waals surface area contributed by atoms with Crippen LogP contribution in [0.15, 0.2) is 0 Å². The zero-order chi connectivity index (χ0) is 11.9. The first-order valence-electron chi connectivity index (χ1n) is 5.21. The lowest BCUT2D eigenvalue weighted by atomic mass is 10.3. The van der Waals surface area contributed by atoms with Crippen molar-refractivity contribution in [1.29, 1.82) is 0 Å². The maximum absolute atomic E-state index is 10.7. The fourth-order valence-electron chi connectivity index (χ4n) is 0.626. The van der Waals surface area contributed by atoms with Crippen molar-refractivity contribution >= 4 is 5.97 Å². The average molecular weight is 222 g/mol. The van der Waals surface area contributed by atoms with Crippen molar-refractivity contribution in [2.45, 2.75) is 32.6 Å². The zero-order valence-electron chi connectivity index (χ0n) is 9.31. The largest absolute Gasteiger partial charge is 0.466 e. The molecule has 0 aromatic heterocycles. The van der Waals surface area contributed by atoms with E-state index in [9.17, 15) is 4.79 Å². The van der Waals surface area contributed by atoms with Crippen molar-refractivity contribution < 1.29 is 24.9 Å². The van der Waals surface area contributed by atoms with Crippen LogP contribution in [-0.2, 0) is 9.53 Å². The minimum atomic E-state index is -0.201. The summed E-state index contributed by atoms with van der Waals surface area (Å²) in [7, 11) is 0. The number of rotatable bonds is 7.